The molecule has 1 aliphatic carbocycles. The standard InChI is InChI=1S/C12H21N5/c1-7-4-5-10(6-7)16-11-8(2)12(17-13)15-9(3)14-11/h7,10H,4-6,13H2,1-3H3,(H2,14,15,16,17). The summed E-state index contributed by atoms with van der Waals surface area (Å²) >= 11 is 0. The van der Waals surface area contributed by atoms with E-state index in [1.54, 1.807) is 0 Å². The first-order chi connectivity index (χ1) is 8.10. The lowest BCUT2D eigenvalue weighted by molar-refractivity contribution is 0.602. The topological polar surface area (TPSA) is 75.9 Å². The Morgan fingerprint density at radius 1 is 1.18 bits per heavy atom. The highest BCUT2D eigenvalue weighted by molar-refractivity contribution is 5.57. The highest BCUT2D eigenvalue weighted by Crippen LogP contribution is 2.28. The van der Waals surface area contributed by atoms with Crippen LogP contribution in [0.4, 0.5) is 11.6 Å². The van der Waals surface area contributed by atoms with E-state index < -0.39 is 0 Å². The summed E-state index contributed by atoms with van der Waals surface area (Å²) in [6, 6.07) is 0.531. The van der Waals surface area contributed by atoms with Crippen LogP contribution in [-0.4, -0.2) is 16.0 Å². The summed E-state index contributed by atoms with van der Waals surface area (Å²) < 4.78 is 0. The predicted octanol–water partition coefficient (Wildman–Crippen LogP) is 1.98. The molecular weight excluding hydrogens is 214 g/mol. The summed E-state index contributed by atoms with van der Waals surface area (Å²) in [6.07, 6.45) is 3.73. The van der Waals surface area contributed by atoms with Gasteiger partial charge in [0.2, 0.25) is 0 Å². The van der Waals surface area contributed by atoms with Gasteiger partial charge in [0.05, 0.1) is 0 Å². The number of aryl methyl sites for hydroxylation is 1. The number of nitrogens with two attached hydrogens (primary N) is 1. The van der Waals surface area contributed by atoms with E-state index in [4.69, 9.17) is 5.84 Å². The summed E-state index contributed by atoms with van der Waals surface area (Å²) in [5, 5.41) is 3.51. The summed E-state index contributed by atoms with van der Waals surface area (Å²) in [5.74, 6) is 8.60. The molecule has 2 atom stereocenters. The third kappa shape index (κ3) is 2.66. The van der Waals surface area contributed by atoms with E-state index in [1.807, 2.05) is 13.8 Å². The van der Waals surface area contributed by atoms with E-state index in [2.05, 4.69) is 27.6 Å². The van der Waals surface area contributed by atoms with Gasteiger partial charge in [-0.2, -0.15) is 0 Å². The quantitative estimate of drug-likeness (QED) is 0.551. The molecule has 1 fully saturated rings. The highest BCUT2D eigenvalue weighted by Gasteiger charge is 2.22. The van der Waals surface area contributed by atoms with E-state index in [-0.39, 0.29) is 0 Å². The maximum atomic E-state index is 5.45. The lowest BCUT2D eigenvalue weighted by Gasteiger charge is -2.17. The van der Waals surface area contributed by atoms with Crippen LogP contribution in [-0.2, 0) is 0 Å². The summed E-state index contributed by atoms with van der Waals surface area (Å²) in [4.78, 5) is 8.71. The Labute approximate surface area is 102 Å². The number of rotatable bonds is 3. The van der Waals surface area contributed by atoms with Gasteiger partial charge in [0, 0.05) is 11.6 Å². The van der Waals surface area contributed by atoms with Gasteiger partial charge in [-0.1, -0.05) is 6.92 Å². The molecular formula is C12H21N5. The fourth-order valence-corrected chi connectivity index (χ4v) is 2.44. The molecule has 5 nitrogen and oxygen atoms in total. The SMILES string of the molecule is Cc1nc(NN)c(C)c(NC2CCC(C)C2)n1. The summed E-state index contributed by atoms with van der Waals surface area (Å²) in [6.45, 7) is 6.16. The third-order valence-electron chi connectivity index (χ3n) is 3.43. The van der Waals surface area contributed by atoms with Crippen molar-refractivity contribution in [3.63, 3.8) is 0 Å². The zero-order valence-electron chi connectivity index (χ0n) is 10.7. The molecule has 1 aromatic rings. The number of hydrazine groups is 1. The molecule has 0 aliphatic heterocycles. The van der Waals surface area contributed by atoms with Crippen molar-refractivity contribution >= 4 is 11.6 Å². The van der Waals surface area contributed by atoms with Crippen LogP contribution >= 0.6 is 0 Å². The minimum absolute atomic E-state index is 0.531. The zero-order chi connectivity index (χ0) is 12.4. The summed E-state index contributed by atoms with van der Waals surface area (Å²) in [5.41, 5.74) is 3.60. The van der Waals surface area contributed by atoms with Gasteiger partial charge in [0.1, 0.15) is 17.5 Å². The van der Waals surface area contributed by atoms with Gasteiger partial charge in [-0.3, -0.25) is 0 Å². The molecule has 0 bridgehead atoms. The number of nitrogens with zero attached hydrogens (tertiary/aromatic N) is 2. The van der Waals surface area contributed by atoms with E-state index in [0.717, 1.165) is 23.1 Å². The Morgan fingerprint density at radius 2 is 1.88 bits per heavy atom. The lowest BCUT2D eigenvalue weighted by atomic mass is 10.1. The van der Waals surface area contributed by atoms with Gasteiger partial charge in [0.25, 0.3) is 0 Å². The number of anilines is 2. The maximum absolute atomic E-state index is 5.45. The van der Waals surface area contributed by atoms with Gasteiger partial charge in [-0.15, -0.1) is 0 Å². The van der Waals surface area contributed by atoms with Crippen molar-refractivity contribution in [3.8, 4) is 0 Å². The van der Waals surface area contributed by atoms with Gasteiger partial charge in [-0.25, -0.2) is 15.8 Å². The van der Waals surface area contributed by atoms with Crippen LogP contribution in [0.15, 0.2) is 0 Å². The van der Waals surface area contributed by atoms with Crippen molar-refractivity contribution in [3.05, 3.63) is 11.4 Å². The largest absolute Gasteiger partial charge is 0.367 e. The molecule has 2 unspecified atom stereocenters. The smallest absolute Gasteiger partial charge is 0.148 e. The Kier molecular flexibility index (Phi) is 3.47. The Bertz CT molecular complexity index is 404. The molecule has 1 heterocycles. The molecule has 4 N–H and O–H groups in total. The van der Waals surface area contributed by atoms with Gasteiger partial charge in [-0.05, 0) is 39.0 Å². The molecule has 1 aromatic heterocycles. The van der Waals surface area contributed by atoms with Crippen LogP contribution in [0.25, 0.3) is 0 Å². The highest BCUT2D eigenvalue weighted by atomic mass is 15.3. The van der Waals surface area contributed by atoms with Crippen molar-refractivity contribution in [2.45, 2.75) is 46.1 Å². The van der Waals surface area contributed by atoms with Crippen molar-refractivity contribution in [1.29, 1.82) is 0 Å². The second-order valence-corrected chi connectivity index (χ2v) is 5.00. The molecule has 17 heavy (non-hydrogen) atoms. The second-order valence-electron chi connectivity index (χ2n) is 5.00. The Balaban J connectivity index is 2.17. The van der Waals surface area contributed by atoms with Crippen LogP contribution in [0.3, 0.4) is 0 Å². The van der Waals surface area contributed by atoms with Crippen LogP contribution in [0.5, 0.6) is 0 Å². The van der Waals surface area contributed by atoms with Gasteiger partial charge in [0.15, 0.2) is 0 Å². The normalized spacial score (nSPS) is 23.8. The fourth-order valence-electron chi connectivity index (χ4n) is 2.44. The minimum Gasteiger partial charge on any atom is -0.367 e. The molecule has 0 amide bonds. The maximum Gasteiger partial charge on any atom is 0.148 e. The van der Waals surface area contributed by atoms with Crippen LogP contribution in [0, 0.1) is 19.8 Å². The summed E-state index contributed by atoms with van der Waals surface area (Å²) in [7, 11) is 0. The molecule has 1 aliphatic rings. The average Bonchev–Trinajstić information content (AvgIpc) is 2.69. The lowest BCUT2D eigenvalue weighted by Crippen LogP contribution is -2.19. The van der Waals surface area contributed by atoms with Crippen molar-refractivity contribution in [1.82, 2.24) is 9.97 Å². The molecule has 0 aromatic carbocycles. The molecule has 0 saturated heterocycles. The van der Waals surface area contributed by atoms with Crippen LogP contribution in [0.2, 0.25) is 0 Å². The first kappa shape index (κ1) is 12.1. The van der Waals surface area contributed by atoms with Crippen molar-refractivity contribution < 1.29 is 0 Å². The Morgan fingerprint density at radius 3 is 2.47 bits per heavy atom. The number of hydrogen-bond donors (Lipinski definition) is 3. The third-order valence-corrected chi connectivity index (χ3v) is 3.43. The molecule has 0 spiro atoms. The number of nitrogens with one attached hydrogen (secondary N) is 2. The van der Waals surface area contributed by atoms with Crippen LogP contribution in [0.1, 0.15) is 37.6 Å². The molecule has 94 valence electrons. The number of hydrogen-bond acceptors (Lipinski definition) is 5. The van der Waals surface area contributed by atoms with Crippen LogP contribution < -0.4 is 16.6 Å². The van der Waals surface area contributed by atoms with Gasteiger partial charge < -0.3 is 10.7 Å². The fraction of sp³-hybridized carbons (Fsp3) is 0.667. The first-order valence-corrected chi connectivity index (χ1v) is 6.18. The number of aromatic nitrogens is 2. The minimum atomic E-state index is 0.531. The predicted molar refractivity (Wildman–Crippen MR) is 69.7 cm³/mol. The van der Waals surface area contributed by atoms with E-state index in [1.165, 1.54) is 19.3 Å². The average molecular weight is 235 g/mol. The molecule has 0 radical (unpaired) electrons. The molecule has 5 heteroatoms. The second kappa shape index (κ2) is 4.87. The number of nitrogen functional groups attached to an aromatic ring is 1. The Hall–Kier alpha value is -1.36. The van der Waals surface area contributed by atoms with Gasteiger partial charge >= 0.3 is 0 Å². The first-order valence-electron chi connectivity index (χ1n) is 6.18. The molecule has 2 rings (SSSR count). The zero-order valence-corrected chi connectivity index (χ0v) is 10.7. The van der Waals surface area contributed by atoms with Crippen molar-refractivity contribution in [2.24, 2.45) is 11.8 Å². The monoisotopic (exact) mass is 235 g/mol. The van der Waals surface area contributed by atoms with E-state index in [9.17, 15) is 0 Å². The van der Waals surface area contributed by atoms with E-state index in [0.29, 0.717) is 11.9 Å². The van der Waals surface area contributed by atoms with Crippen molar-refractivity contribution in [2.75, 3.05) is 10.7 Å². The van der Waals surface area contributed by atoms with E-state index >= 15 is 0 Å². The molecule has 1 saturated carbocycles.